The van der Waals surface area contributed by atoms with Crippen molar-refractivity contribution in [1.82, 2.24) is 14.2 Å². The minimum Gasteiger partial charge on any atom is -0.384 e. The van der Waals surface area contributed by atoms with E-state index in [1.165, 1.54) is 10.5 Å². The number of benzene rings is 1. The van der Waals surface area contributed by atoms with E-state index in [9.17, 15) is 13.2 Å². The van der Waals surface area contributed by atoms with Crippen LogP contribution < -0.4 is 5.73 Å². The summed E-state index contributed by atoms with van der Waals surface area (Å²) in [5.74, 6) is 0.156. The summed E-state index contributed by atoms with van der Waals surface area (Å²) in [7, 11) is -3.57. The number of amides is 1. The molecule has 28 heavy (non-hydrogen) atoms. The lowest BCUT2D eigenvalue weighted by Crippen LogP contribution is -2.42. The maximum atomic E-state index is 13.1. The van der Waals surface area contributed by atoms with E-state index in [-0.39, 0.29) is 5.91 Å². The monoisotopic (exact) mass is 402 g/mol. The first-order valence-electron chi connectivity index (χ1n) is 9.16. The van der Waals surface area contributed by atoms with E-state index in [4.69, 9.17) is 10.5 Å². The van der Waals surface area contributed by atoms with Crippen LogP contribution in [0.2, 0.25) is 0 Å². The third kappa shape index (κ3) is 3.48. The van der Waals surface area contributed by atoms with E-state index in [1.807, 2.05) is 6.07 Å². The Morgan fingerprint density at radius 1 is 1.14 bits per heavy atom. The molecule has 2 aliphatic rings. The van der Waals surface area contributed by atoms with Crippen LogP contribution in [0, 0.1) is 0 Å². The minimum atomic E-state index is -3.57. The standard InChI is InChI=1S/C19H22N4O4S/c20-18-12-14(4-6-21-18)19(24)22-7-5-16-15(13-22)2-1-3-17(16)28(25,26)23-8-10-27-11-9-23/h1-4,6,12H,5,7-11,13H2,(H2,20,21). The summed E-state index contributed by atoms with van der Waals surface area (Å²) in [5, 5.41) is 0. The number of morpholine rings is 1. The first-order chi connectivity index (χ1) is 13.5. The van der Waals surface area contributed by atoms with Crippen molar-refractivity contribution in [2.24, 2.45) is 0 Å². The highest BCUT2D eigenvalue weighted by atomic mass is 32.2. The molecule has 1 aromatic carbocycles. The van der Waals surface area contributed by atoms with Gasteiger partial charge in [0.15, 0.2) is 0 Å². The summed E-state index contributed by atoms with van der Waals surface area (Å²) in [4.78, 5) is 18.8. The van der Waals surface area contributed by atoms with E-state index in [0.29, 0.717) is 62.1 Å². The summed E-state index contributed by atoms with van der Waals surface area (Å²) in [5.41, 5.74) is 7.81. The molecule has 2 N–H and O–H groups in total. The number of ether oxygens (including phenoxy) is 1. The van der Waals surface area contributed by atoms with Crippen molar-refractivity contribution >= 4 is 21.7 Å². The molecular formula is C19H22N4O4S. The van der Waals surface area contributed by atoms with Crippen LogP contribution in [0.3, 0.4) is 0 Å². The zero-order valence-electron chi connectivity index (χ0n) is 15.4. The van der Waals surface area contributed by atoms with Crippen LogP contribution in [-0.2, 0) is 27.7 Å². The molecule has 9 heteroatoms. The normalized spacial score (nSPS) is 17.9. The molecule has 1 saturated heterocycles. The van der Waals surface area contributed by atoms with Gasteiger partial charge in [-0.1, -0.05) is 12.1 Å². The third-order valence-electron chi connectivity index (χ3n) is 5.13. The lowest BCUT2D eigenvalue weighted by molar-refractivity contribution is 0.0724. The molecule has 0 aliphatic carbocycles. The summed E-state index contributed by atoms with van der Waals surface area (Å²) >= 11 is 0. The number of nitrogen functional groups attached to an aromatic ring is 1. The fraction of sp³-hybridized carbons (Fsp3) is 0.368. The van der Waals surface area contributed by atoms with Gasteiger partial charge >= 0.3 is 0 Å². The Balaban J connectivity index is 1.61. The molecule has 3 heterocycles. The van der Waals surface area contributed by atoms with Crippen molar-refractivity contribution in [3.63, 3.8) is 0 Å². The van der Waals surface area contributed by atoms with Gasteiger partial charge in [-0.2, -0.15) is 4.31 Å². The molecule has 148 valence electrons. The second kappa shape index (κ2) is 7.50. The van der Waals surface area contributed by atoms with Gasteiger partial charge in [0, 0.05) is 37.9 Å². The summed E-state index contributed by atoms with van der Waals surface area (Å²) in [6.45, 7) is 2.35. The molecule has 2 aromatic rings. The highest BCUT2D eigenvalue weighted by Crippen LogP contribution is 2.29. The molecule has 8 nitrogen and oxygen atoms in total. The molecule has 0 spiro atoms. The number of nitrogens with two attached hydrogens (primary N) is 1. The van der Waals surface area contributed by atoms with E-state index < -0.39 is 10.0 Å². The number of hydrogen-bond acceptors (Lipinski definition) is 6. The van der Waals surface area contributed by atoms with E-state index in [1.54, 1.807) is 29.2 Å². The maximum Gasteiger partial charge on any atom is 0.254 e. The molecule has 0 saturated carbocycles. The second-order valence-electron chi connectivity index (χ2n) is 6.86. The van der Waals surface area contributed by atoms with Crippen LogP contribution >= 0.6 is 0 Å². The number of carbonyl (C=O) groups is 1. The van der Waals surface area contributed by atoms with Crippen molar-refractivity contribution in [3.8, 4) is 0 Å². The van der Waals surface area contributed by atoms with Crippen LogP contribution in [0.25, 0.3) is 0 Å². The van der Waals surface area contributed by atoms with Crippen molar-refractivity contribution < 1.29 is 17.9 Å². The molecule has 1 amide bonds. The van der Waals surface area contributed by atoms with Crippen LogP contribution in [0.4, 0.5) is 5.82 Å². The topological polar surface area (TPSA) is 106 Å². The Kier molecular flexibility index (Phi) is 5.05. The number of nitrogens with zero attached hydrogens (tertiary/aromatic N) is 3. The van der Waals surface area contributed by atoms with Crippen molar-refractivity contribution in [3.05, 3.63) is 53.2 Å². The van der Waals surface area contributed by atoms with E-state index >= 15 is 0 Å². The molecule has 0 unspecified atom stereocenters. The van der Waals surface area contributed by atoms with Crippen LogP contribution in [-0.4, -0.2) is 61.4 Å². The highest BCUT2D eigenvalue weighted by molar-refractivity contribution is 7.89. The van der Waals surface area contributed by atoms with Gasteiger partial charge in [-0.05, 0) is 35.7 Å². The highest BCUT2D eigenvalue weighted by Gasteiger charge is 2.31. The summed E-state index contributed by atoms with van der Waals surface area (Å²) in [6, 6.07) is 8.47. The second-order valence-corrected chi connectivity index (χ2v) is 8.76. The Hall–Kier alpha value is -2.49. The molecule has 1 fully saturated rings. The fourth-order valence-corrected chi connectivity index (χ4v) is 5.38. The SMILES string of the molecule is Nc1cc(C(=O)N2CCc3c(cccc3S(=O)(=O)N3CCOCC3)C2)ccn1. The fourth-order valence-electron chi connectivity index (χ4n) is 3.68. The molecule has 0 bridgehead atoms. The van der Waals surface area contributed by atoms with Crippen LogP contribution in [0.5, 0.6) is 0 Å². The van der Waals surface area contributed by atoms with Gasteiger partial charge in [-0.15, -0.1) is 0 Å². The number of aromatic nitrogens is 1. The van der Waals surface area contributed by atoms with Gasteiger partial charge in [0.1, 0.15) is 5.82 Å². The van der Waals surface area contributed by atoms with Gasteiger partial charge in [-0.25, -0.2) is 13.4 Å². The largest absolute Gasteiger partial charge is 0.384 e. The Morgan fingerprint density at radius 3 is 2.68 bits per heavy atom. The molecule has 0 radical (unpaired) electrons. The number of rotatable bonds is 3. The van der Waals surface area contributed by atoms with E-state index in [0.717, 1.165) is 11.1 Å². The van der Waals surface area contributed by atoms with Crippen molar-refractivity contribution in [1.29, 1.82) is 0 Å². The first-order valence-corrected chi connectivity index (χ1v) is 10.6. The van der Waals surface area contributed by atoms with Crippen molar-refractivity contribution in [2.75, 3.05) is 38.6 Å². The number of fused-ring (bicyclic) bond motifs is 1. The molecule has 0 atom stereocenters. The molecular weight excluding hydrogens is 380 g/mol. The average molecular weight is 402 g/mol. The number of hydrogen-bond donors (Lipinski definition) is 1. The van der Waals surface area contributed by atoms with Gasteiger partial charge < -0.3 is 15.4 Å². The van der Waals surface area contributed by atoms with Gasteiger partial charge in [0.2, 0.25) is 10.0 Å². The maximum absolute atomic E-state index is 13.1. The number of pyridine rings is 1. The molecule has 1 aromatic heterocycles. The predicted octanol–water partition coefficient (Wildman–Crippen LogP) is 0.883. The Bertz CT molecular complexity index is 1000. The zero-order valence-corrected chi connectivity index (χ0v) is 16.2. The van der Waals surface area contributed by atoms with Crippen molar-refractivity contribution in [2.45, 2.75) is 17.9 Å². The Morgan fingerprint density at radius 2 is 1.93 bits per heavy atom. The van der Waals surface area contributed by atoms with Crippen LogP contribution in [0.15, 0.2) is 41.4 Å². The lowest BCUT2D eigenvalue weighted by atomic mass is 9.99. The quantitative estimate of drug-likeness (QED) is 0.817. The summed E-state index contributed by atoms with van der Waals surface area (Å²) < 4.78 is 33.0. The van der Waals surface area contributed by atoms with Gasteiger partial charge in [0.05, 0.1) is 18.1 Å². The minimum absolute atomic E-state index is 0.138. The van der Waals surface area contributed by atoms with Gasteiger partial charge in [-0.3, -0.25) is 4.79 Å². The lowest BCUT2D eigenvalue weighted by Gasteiger charge is -2.32. The van der Waals surface area contributed by atoms with Gasteiger partial charge in [0.25, 0.3) is 5.91 Å². The van der Waals surface area contributed by atoms with Crippen LogP contribution in [0.1, 0.15) is 21.5 Å². The Labute approximate surface area is 164 Å². The van der Waals surface area contributed by atoms with E-state index in [2.05, 4.69) is 4.98 Å². The number of carbonyl (C=O) groups excluding carboxylic acids is 1. The average Bonchev–Trinajstić information content (AvgIpc) is 2.73. The molecule has 2 aliphatic heterocycles. The smallest absolute Gasteiger partial charge is 0.254 e. The summed E-state index contributed by atoms with van der Waals surface area (Å²) in [6.07, 6.45) is 1.99. The number of sulfonamides is 1. The zero-order chi connectivity index (χ0) is 19.7. The number of anilines is 1. The molecule has 4 rings (SSSR count). The first kappa shape index (κ1) is 18.9. The predicted molar refractivity (Wildman–Crippen MR) is 103 cm³/mol. The third-order valence-corrected chi connectivity index (χ3v) is 7.11.